The van der Waals surface area contributed by atoms with Gasteiger partial charge < -0.3 is 19.3 Å². The number of rotatable bonds is 10. The highest BCUT2D eigenvalue weighted by Crippen LogP contribution is 2.22. The molecular formula is C23H37N2O2+. The fourth-order valence-electron chi connectivity index (χ4n) is 3.31. The average Bonchev–Trinajstić information content (AvgIpc) is 3.05. The lowest BCUT2D eigenvalue weighted by Gasteiger charge is -2.22. The van der Waals surface area contributed by atoms with Gasteiger partial charge in [-0.05, 0) is 35.1 Å². The van der Waals surface area contributed by atoms with E-state index in [9.17, 15) is 5.11 Å². The number of quaternary nitrogens is 1. The quantitative estimate of drug-likeness (QED) is 0.672. The minimum absolute atomic E-state index is 0.183. The second-order valence-corrected chi connectivity index (χ2v) is 8.51. The number of methoxy groups -OCH3 is 1. The highest BCUT2D eigenvalue weighted by Gasteiger charge is 2.17. The van der Waals surface area contributed by atoms with E-state index < -0.39 is 0 Å². The highest BCUT2D eigenvalue weighted by atomic mass is 16.5. The molecule has 0 aliphatic carbocycles. The molecule has 2 aromatic rings. The van der Waals surface area contributed by atoms with E-state index in [-0.39, 0.29) is 11.5 Å². The van der Waals surface area contributed by atoms with Crippen molar-refractivity contribution in [1.82, 2.24) is 4.57 Å². The first-order valence-corrected chi connectivity index (χ1v) is 10.1. The molecule has 4 nitrogen and oxygen atoms in total. The number of nitrogens with one attached hydrogen (secondary N) is 1. The van der Waals surface area contributed by atoms with E-state index in [0.29, 0.717) is 6.61 Å². The maximum Gasteiger partial charge on any atom is 0.118 e. The Labute approximate surface area is 164 Å². The average molecular weight is 374 g/mol. The molecule has 0 amide bonds. The summed E-state index contributed by atoms with van der Waals surface area (Å²) >= 11 is 0. The third kappa shape index (κ3) is 6.80. The lowest BCUT2D eigenvalue weighted by molar-refractivity contribution is -0.917. The third-order valence-electron chi connectivity index (χ3n) is 5.18. The molecule has 0 aliphatic heterocycles. The zero-order chi connectivity index (χ0) is 19.9. The molecule has 1 heterocycles. The van der Waals surface area contributed by atoms with Gasteiger partial charge in [-0.15, -0.1) is 0 Å². The summed E-state index contributed by atoms with van der Waals surface area (Å²) in [6.45, 7) is 12.9. The van der Waals surface area contributed by atoms with E-state index in [0.717, 1.165) is 32.6 Å². The topological polar surface area (TPSA) is 38.8 Å². The Kier molecular flexibility index (Phi) is 8.08. The Balaban J connectivity index is 2.07. The van der Waals surface area contributed by atoms with Crippen molar-refractivity contribution in [3.63, 3.8) is 0 Å². The number of aromatic nitrogens is 1. The van der Waals surface area contributed by atoms with Crippen molar-refractivity contribution in [3.05, 3.63) is 59.4 Å². The van der Waals surface area contributed by atoms with Gasteiger partial charge in [0.1, 0.15) is 25.7 Å². The van der Waals surface area contributed by atoms with Crippen LogP contribution in [0.3, 0.4) is 0 Å². The molecule has 0 aliphatic rings. The molecule has 0 radical (unpaired) electrons. The van der Waals surface area contributed by atoms with Crippen LogP contribution >= 0.6 is 0 Å². The molecule has 2 N–H and O–H groups in total. The zero-order valence-corrected chi connectivity index (χ0v) is 17.7. The van der Waals surface area contributed by atoms with E-state index in [2.05, 4.69) is 67.9 Å². The van der Waals surface area contributed by atoms with Gasteiger partial charge in [0.2, 0.25) is 0 Å². The number of hydrogen-bond acceptors (Lipinski definition) is 2. The van der Waals surface area contributed by atoms with E-state index in [1.165, 1.54) is 21.7 Å². The second-order valence-electron chi connectivity index (χ2n) is 8.51. The fraction of sp³-hybridized carbons (Fsp3) is 0.565. The summed E-state index contributed by atoms with van der Waals surface area (Å²) in [6.07, 6.45) is 2.68. The number of aliphatic hydroxyl groups excluding tert-OH is 1. The lowest BCUT2D eigenvalue weighted by atomic mass is 9.87. The predicted octanol–water partition coefficient (Wildman–Crippen LogP) is 2.64. The van der Waals surface area contributed by atoms with Crippen molar-refractivity contribution in [2.45, 2.75) is 58.7 Å². The number of hydrogen-bond donors (Lipinski definition) is 2. The van der Waals surface area contributed by atoms with Crippen molar-refractivity contribution in [1.29, 1.82) is 0 Å². The van der Waals surface area contributed by atoms with E-state index in [4.69, 9.17) is 4.74 Å². The van der Waals surface area contributed by atoms with Crippen molar-refractivity contribution in [2.24, 2.45) is 0 Å². The molecule has 1 aromatic heterocycles. The molecule has 0 bridgehead atoms. The third-order valence-corrected chi connectivity index (χ3v) is 5.18. The summed E-state index contributed by atoms with van der Waals surface area (Å²) in [7, 11) is 1.73. The van der Waals surface area contributed by atoms with Crippen molar-refractivity contribution >= 4 is 0 Å². The van der Waals surface area contributed by atoms with Crippen LogP contribution in [0.15, 0.2) is 42.6 Å². The first kappa shape index (κ1) is 21.7. The molecular weight excluding hydrogens is 336 g/mol. The summed E-state index contributed by atoms with van der Waals surface area (Å²) < 4.78 is 7.58. The second kappa shape index (κ2) is 10.1. The number of benzene rings is 1. The number of ether oxygens (including phenoxy) is 1. The van der Waals surface area contributed by atoms with Gasteiger partial charge in [0.15, 0.2) is 0 Å². The summed E-state index contributed by atoms with van der Waals surface area (Å²) in [4.78, 5) is 1.36. The SMILES string of the molecule is CC[C@@H](O)C[NH+](CCOC)Cc1cccn1Cc1ccc(C(C)(C)C)cc1. The number of aliphatic hydroxyl groups is 1. The molecule has 1 unspecified atom stereocenters. The van der Waals surface area contributed by atoms with Crippen molar-refractivity contribution < 1.29 is 14.7 Å². The Bertz CT molecular complexity index is 670. The Hall–Kier alpha value is -1.62. The lowest BCUT2D eigenvalue weighted by Crippen LogP contribution is -3.12. The van der Waals surface area contributed by atoms with Gasteiger partial charge in [-0.1, -0.05) is 52.0 Å². The molecule has 0 saturated heterocycles. The smallest absolute Gasteiger partial charge is 0.118 e. The largest absolute Gasteiger partial charge is 0.387 e. The van der Waals surface area contributed by atoms with Crippen molar-refractivity contribution in [3.8, 4) is 0 Å². The minimum Gasteiger partial charge on any atom is -0.387 e. The predicted molar refractivity (Wildman–Crippen MR) is 111 cm³/mol. The monoisotopic (exact) mass is 373 g/mol. The first-order chi connectivity index (χ1) is 12.8. The van der Waals surface area contributed by atoms with Crippen LogP contribution in [0.2, 0.25) is 0 Å². The normalized spacial score (nSPS) is 14.3. The first-order valence-electron chi connectivity index (χ1n) is 10.1. The summed E-state index contributed by atoms with van der Waals surface area (Å²) in [5.41, 5.74) is 4.15. The molecule has 150 valence electrons. The van der Waals surface area contributed by atoms with Gasteiger partial charge in [0, 0.05) is 19.9 Å². The van der Waals surface area contributed by atoms with Gasteiger partial charge in [-0.25, -0.2) is 0 Å². The minimum atomic E-state index is -0.259. The van der Waals surface area contributed by atoms with Gasteiger partial charge in [-0.2, -0.15) is 0 Å². The zero-order valence-electron chi connectivity index (χ0n) is 17.7. The molecule has 2 atom stereocenters. The summed E-state index contributed by atoms with van der Waals surface area (Å²) in [6, 6.07) is 13.3. The summed E-state index contributed by atoms with van der Waals surface area (Å²) in [5, 5.41) is 10.1. The standard InChI is InChI=1S/C23H36N2O2/c1-6-22(26)18-24(14-15-27-5)17-21-8-7-13-25(21)16-19-9-11-20(12-10-19)23(2,3)4/h7-13,22,26H,6,14-18H2,1-5H3/p+1/t22-/m1/s1. The van der Waals surface area contributed by atoms with Crippen LogP contribution in [0.1, 0.15) is 50.9 Å². The highest BCUT2D eigenvalue weighted by molar-refractivity contribution is 5.28. The molecule has 27 heavy (non-hydrogen) atoms. The fourth-order valence-corrected chi connectivity index (χ4v) is 3.31. The molecule has 0 saturated carbocycles. The Morgan fingerprint density at radius 3 is 2.44 bits per heavy atom. The molecule has 1 aromatic carbocycles. The van der Waals surface area contributed by atoms with Crippen LogP contribution in [0.5, 0.6) is 0 Å². The Morgan fingerprint density at radius 2 is 1.85 bits per heavy atom. The van der Waals surface area contributed by atoms with E-state index >= 15 is 0 Å². The van der Waals surface area contributed by atoms with Crippen LogP contribution in [-0.4, -0.2) is 42.6 Å². The Morgan fingerprint density at radius 1 is 1.15 bits per heavy atom. The van der Waals surface area contributed by atoms with Crippen LogP contribution in [0.25, 0.3) is 0 Å². The van der Waals surface area contributed by atoms with Crippen LogP contribution in [0.4, 0.5) is 0 Å². The van der Waals surface area contributed by atoms with E-state index in [1.54, 1.807) is 7.11 Å². The van der Waals surface area contributed by atoms with Crippen molar-refractivity contribution in [2.75, 3.05) is 26.8 Å². The molecule has 0 spiro atoms. The van der Waals surface area contributed by atoms with Crippen LogP contribution < -0.4 is 4.90 Å². The summed E-state index contributed by atoms with van der Waals surface area (Å²) in [5.74, 6) is 0. The number of nitrogens with zero attached hydrogens (tertiary/aromatic N) is 1. The molecule has 2 rings (SSSR count). The van der Waals surface area contributed by atoms with Crippen LogP contribution in [0, 0.1) is 0 Å². The molecule has 4 heteroatoms. The van der Waals surface area contributed by atoms with Crippen LogP contribution in [-0.2, 0) is 23.2 Å². The maximum atomic E-state index is 10.1. The molecule has 0 fully saturated rings. The van der Waals surface area contributed by atoms with Gasteiger partial charge in [0.05, 0.1) is 12.3 Å². The van der Waals surface area contributed by atoms with Gasteiger partial charge in [0.25, 0.3) is 0 Å². The van der Waals surface area contributed by atoms with Gasteiger partial charge >= 0.3 is 0 Å². The van der Waals surface area contributed by atoms with Gasteiger partial charge in [-0.3, -0.25) is 0 Å². The maximum absolute atomic E-state index is 10.1. The van der Waals surface area contributed by atoms with E-state index in [1.807, 2.05) is 6.92 Å².